The lowest BCUT2D eigenvalue weighted by atomic mass is 10.0. The molecule has 0 radical (unpaired) electrons. The molecule has 0 amide bonds. The number of aliphatic hydroxyl groups excluding tert-OH is 2. The van der Waals surface area contributed by atoms with Gasteiger partial charge in [-0.05, 0) is 49.2 Å². The van der Waals surface area contributed by atoms with Crippen LogP contribution in [0.1, 0.15) is 24.2 Å². The van der Waals surface area contributed by atoms with E-state index in [1.165, 1.54) is 0 Å². The van der Waals surface area contributed by atoms with Crippen LogP contribution in [-0.4, -0.2) is 41.5 Å². The summed E-state index contributed by atoms with van der Waals surface area (Å²) >= 11 is 0. The number of hydrogen-bond acceptors (Lipinski definition) is 5. The fourth-order valence-corrected chi connectivity index (χ4v) is 2.19. The monoisotopic (exact) mass is 329 g/mol. The van der Waals surface area contributed by atoms with E-state index in [1.807, 2.05) is 50.2 Å². The molecule has 5 heteroatoms. The van der Waals surface area contributed by atoms with Crippen LogP contribution in [0.3, 0.4) is 0 Å². The lowest BCUT2D eigenvalue weighted by Gasteiger charge is -2.12. The molecule has 0 aliphatic heterocycles. The predicted octanol–water partition coefficient (Wildman–Crippen LogP) is 2.68. The Morgan fingerprint density at radius 2 is 1.83 bits per heavy atom. The largest absolute Gasteiger partial charge is 0.459 e. The van der Waals surface area contributed by atoms with E-state index in [4.69, 9.17) is 9.84 Å². The summed E-state index contributed by atoms with van der Waals surface area (Å²) in [7, 11) is 0. The maximum atomic E-state index is 11.9. The van der Waals surface area contributed by atoms with Crippen molar-refractivity contribution < 1.29 is 19.7 Å². The first-order valence-electron chi connectivity index (χ1n) is 7.94. The summed E-state index contributed by atoms with van der Waals surface area (Å²) in [6, 6.07) is 15.0. The van der Waals surface area contributed by atoms with Crippen molar-refractivity contribution in [2.45, 2.75) is 26.1 Å². The lowest BCUT2D eigenvalue weighted by molar-refractivity contribution is 0.0378. The average molecular weight is 329 g/mol. The highest BCUT2D eigenvalue weighted by Crippen LogP contribution is 2.23. The summed E-state index contributed by atoms with van der Waals surface area (Å²) in [6.45, 7) is 3.64. The van der Waals surface area contributed by atoms with Gasteiger partial charge in [0.05, 0.1) is 24.4 Å². The first kappa shape index (κ1) is 18.0. The third-order valence-electron chi connectivity index (χ3n) is 3.41. The van der Waals surface area contributed by atoms with Gasteiger partial charge in [0.2, 0.25) is 0 Å². The van der Waals surface area contributed by atoms with Gasteiger partial charge in [0.1, 0.15) is 0 Å². The Morgan fingerprint density at radius 1 is 1.12 bits per heavy atom. The summed E-state index contributed by atoms with van der Waals surface area (Å²) < 4.78 is 5.17. The Balaban J connectivity index is 2.10. The van der Waals surface area contributed by atoms with Crippen molar-refractivity contribution in [1.82, 2.24) is 0 Å². The molecule has 128 valence electrons. The van der Waals surface area contributed by atoms with Gasteiger partial charge in [-0.25, -0.2) is 4.79 Å². The maximum absolute atomic E-state index is 11.9. The molecule has 0 fully saturated rings. The molecule has 24 heavy (non-hydrogen) atoms. The topological polar surface area (TPSA) is 78.8 Å². The molecular formula is C19H23NO4. The van der Waals surface area contributed by atoms with Crippen LogP contribution in [0.5, 0.6) is 0 Å². The summed E-state index contributed by atoms with van der Waals surface area (Å²) in [6.07, 6.45) is -0.936. The van der Waals surface area contributed by atoms with Crippen molar-refractivity contribution in [3.63, 3.8) is 0 Å². The van der Waals surface area contributed by atoms with E-state index >= 15 is 0 Å². The Hall–Kier alpha value is -2.37. The fraction of sp³-hybridized carbons (Fsp3) is 0.316. The zero-order valence-corrected chi connectivity index (χ0v) is 13.9. The number of benzene rings is 2. The van der Waals surface area contributed by atoms with Crippen molar-refractivity contribution >= 4 is 11.7 Å². The molecule has 0 aliphatic rings. The molecule has 0 aliphatic carbocycles. The zero-order valence-electron chi connectivity index (χ0n) is 13.9. The number of hydrogen-bond donors (Lipinski definition) is 3. The second-order valence-corrected chi connectivity index (χ2v) is 5.83. The van der Waals surface area contributed by atoms with Gasteiger partial charge < -0.3 is 20.3 Å². The molecule has 1 atom stereocenters. The van der Waals surface area contributed by atoms with E-state index < -0.39 is 6.10 Å². The van der Waals surface area contributed by atoms with Gasteiger partial charge in [-0.1, -0.05) is 24.3 Å². The van der Waals surface area contributed by atoms with E-state index in [2.05, 4.69) is 5.32 Å². The molecule has 2 aromatic carbocycles. The molecule has 2 rings (SSSR count). The predicted molar refractivity (Wildman–Crippen MR) is 94.0 cm³/mol. The quantitative estimate of drug-likeness (QED) is 0.681. The van der Waals surface area contributed by atoms with E-state index in [1.54, 1.807) is 12.1 Å². The normalized spacial score (nSPS) is 12.0. The van der Waals surface area contributed by atoms with E-state index in [0.717, 1.165) is 16.8 Å². The number of carbonyl (C=O) groups excluding carboxylic acids is 1. The molecule has 0 aromatic heterocycles. The number of nitrogens with one attached hydrogen (secondary N) is 1. The van der Waals surface area contributed by atoms with Crippen LogP contribution in [0.2, 0.25) is 0 Å². The second-order valence-electron chi connectivity index (χ2n) is 5.83. The van der Waals surface area contributed by atoms with Crippen molar-refractivity contribution in [2.75, 3.05) is 18.5 Å². The van der Waals surface area contributed by atoms with Crippen LogP contribution < -0.4 is 5.32 Å². The minimum Gasteiger partial charge on any atom is -0.459 e. The SMILES string of the molecule is CC(C)OC(=O)c1ccc(-c2cccc(NCC(O)CO)c2)cc1. The highest BCUT2D eigenvalue weighted by Gasteiger charge is 2.09. The number of carbonyl (C=O) groups is 1. The Kier molecular flexibility index (Phi) is 6.35. The molecule has 0 spiro atoms. The number of aliphatic hydroxyl groups is 2. The summed E-state index contributed by atoms with van der Waals surface area (Å²) in [5, 5.41) is 21.3. The van der Waals surface area contributed by atoms with Crippen LogP contribution in [0, 0.1) is 0 Å². The van der Waals surface area contributed by atoms with Gasteiger partial charge in [0, 0.05) is 12.2 Å². The average Bonchev–Trinajstić information content (AvgIpc) is 2.59. The van der Waals surface area contributed by atoms with E-state index in [-0.39, 0.29) is 25.2 Å². The Bertz CT molecular complexity index is 667. The molecule has 3 N–H and O–H groups in total. The van der Waals surface area contributed by atoms with Crippen molar-refractivity contribution in [1.29, 1.82) is 0 Å². The van der Waals surface area contributed by atoms with Gasteiger partial charge in [-0.2, -0.15) is 0 Å². The highest BCUT2D eigenvalue weighted by molar-refractivity contribution is 5.90. The fourth-order valence-electron chi connectivity index (χ4n) is 2.19. The molecule has 5 nitrogen and oxygen atoms in total. The van der Waals surface area contributed by atoms with Crippen LogP contribution in [0.15, 0.2) is 48.5 Å². The molecule has 0 heterocycles. The van der Waals surface area contributed by atoms with Crippen molar-refractivity contribution in [3.05, 3.63) is 54.1 Å². The van der Waals surface area contributed by atoms with Gasteiger partial charge in [-0.15, -0.1) is 0 Å². The molecule has 0 bridgehead atoms. The minimum absolute atomic E-state index is 0.144. The van der Waals surface area contributed by atoms with Crippen LogP contribution >= 0.6 is 0 Å². The molecular weight excluding hydrogens is 306 g/mol. The van der Waals surface area contributed by atoms with Gasteiger partial charge in [0.15, 0.2) is 0 Å². The summed E-state index contributed by atoms with van der Waals surface area (Å²) in [5.41, 5.74) is 3.33. The Morgan fingerprint density at radius 3 is 2.46 bits per heavy atom. The van der Waals surface area contributed by atoms with E-state index in [9.17, 15) is 9.90 Å². The summed E-state index contributed by atoms with van der Waals surface area (Å²) in [4.78, 5) is 11.9. The van der Waals surface area contributed by atoms with Crippen LogP contribution in [-0.2, 0) is 4.74 Å². The molecule has 2 aromatic rings. The number of rotatable bonds is 7. The maximum Gasteiger partial charge on any atom is 0.338 e. The first-order valence-corrected chi connectivity index (χ1v) is 7.94. The highest BCUT2D eigenvalue weighted by atomic mass is 16.5. The van der Waals surface area contributed by atoms with Crippen LogP contribution in [0.4, 0.5) is 5.69 Å². The number of ether oxygens (including phenoxy) is 1. The lowest BCUT2D eigenvalue weighted by Crippen LogP contribution is -2.22. The Labute approximate surface area is 141 Å². The smallest absolute Gasteiger partial charge is 0.338 e. The van der Waals surface area contributed by atoms with Gasteiger partial charge in [0.25, 0.3) is 0 Å². The van der Waals surface area contributed by atoms with Gasteiger partial charge >= 0.3 is 5.97 Å². The van der Waals surface area contributed by atoms with E-state index in [0.29, 0.717) is 5.56 Å². The second kappa shape index (κ2) is 8.47. The number of esters is 1. The summed E-state index contributed by atoms with van der Waals surface area (Å²) in [5.74, 6) is -0.329. The van der Waals surface area contributed by atoms with Crippen molar-refractivity contribution in [3.8, 4) is 11.1 Å². The van der Waals surface area contributed by atoms with Crippen LogP contribution in [0.25, 0.3) is 11.1 Å². The zero-order chi connectivity index (χ0) is 17.5. The third kappa shape index (κ3) is 5.08. The number of anilines is 1. The molecule has 0 saturated carbocycles. The standard InChI is InChI=1S/C19H23NO4/c1-13(2)24-19(23)15-8-6-14(7-9-15)16-4-3-5-17(10-16)20-11-18(22)12-21/h3-10,13,18,20-22H,11-12H2,1-2H3. The third-order valence-corrected chi connectivity index (χ3v) is 3.41. The first-order chi connectivity index (χ1) is 11.5. The minimum atomic E-state index is -0.792. The molecule has 1 unspecified atom stereocenters. The van der Waals surface area contributed by atoms with Gasteiger partial charge in [-0.3, -0.25) is 0 Å². The van der Waals surface area contributed by atoms with Crippen molar-refractivity contribution in [2.24, 2.45) is 0 Å². The molecule has 0 saturated heterocycles.